The predicted octanol–water partition coefficient (Wildman–Crippen LogP) is 3.32. The first-order chi connectivity index (χ1) is 9.75. The summed E-state index contributed by atoms with van der Waals surface area (Å²) in [6.07, 6.45) is 3.62. The van der Waals surface area contributed by atoms with Crippen molar-refractivity contribution < 1.29 is 9.53 Å². The maximum Gasteiger partial charge on any atom is 0.231 e. The molecular formula is C16H10N2O2. The number of carbonyl (C=O) groups excluding carboxylic acids is 1. The minimum absolute atomic E-state index is 0.158. The summed E-state index contributed by atoms with van der Waals surface area (Å²) in [5.74, 6) is 0.573. The maximum atomic E-state index is 11.9. The molecule has 0 bridgehead atoms. The molecule has 0 fully saturated rings. The normalized spacial score (nSPS) is 13.6. The first-order valence-electron chi connectivity index (χ1n) is 6.22. The quantitative estimate of drug-likeness (QED) is 0.684. The number of hydrogen-bond acceptors (Lipinski definition) is 3. The van der Waals surface area contributed by atoms with E-state index in [1.54, 1.807) is 12.3 Å². The summed E-state index contributed by atoms with van der Waals surface area (Å²) in [5.41, 5.74) is 4.12. The summed E-state index contributed by atoms with van der Waals surface area (Å²) in [5, 5.41) is 0. The maximum absolute atomic E-state index is 11.9. The molecule has 1 aliphatic heterocycles. The standard InChI is InChI=1S/C16H10N2O2/c1-9-15(19)11-5-2-4-10(16(11)20-9)12-8-18-13-6-3-7-17-14(12)13/h2-8,18H,1H2. The average molecular weight is 262 g/mol. The Morgan fingerprint density at radius 2 is 1.95 bits per heavy atom. The summed E-state index contributed by atoms with van der Waals surface area (Å²) >= 11 is 0. The average Bonchev–Trinajstić information content (AvgIpc) is 3.02. The lowest BCUT2D eigenvalue weighted by Gasteiger charge is -2.05. The molecule has 0 saturated carbocycles. The van der Waals surface area contributed by atoms with Crippen LogP contribution < -0.4 is 4.74 Å². The SMILES string of the molecule is C=C1Oc2c(cccc2-c2c[nH]c3cccnc23)C1=O. The number of nitrogens with one attached hydrogen (secondary N) is 1. The molecule has 0 spiro atoms. The van der Waals surface area contributed by atoms with E-state index in [2.05, 4.69) is 16.5 Å². The first-order valence-corrected chi connectivity index (χ1v) is 6.22. The van der Waals surface area contributed by atoms with E-state index in [1.165, 1.54) is 0 Å². The number of aromatic nitrogens is 2. The van der Waals surface area contributed by atoms with Crippen LogP contribution in [-0.4, -0.2) is 15.8 Å². The second-order valence-corrected chi connectivity index (χ2v) is 4.64. The number of hydrogen-bond donors (Lipinski definition) is 1. The molecule has 0 amide bonds. The number of fused-ring (bicyclic) bond motifs is 2. The number of H-pyrrole nitrogens is 1. The largest absolute Gasteiger partial charge is 0.452 e. The molecule has 4 rings (SSSR count). The van der Waals surface area contributed by atoms with Crippen LogP contribution in [0.15, 0.2) is 55.1 Å². The molecule has 1 aliphatic rings. The zero-order chi connectivity index (χ0) is 13.7. The highest BCUT2D eigenvalue weighted by atomic mass is 16.5. The van der Waals surface area contributed by atoms with E-state index in [4.69, 9.17) is 4.74 Å². The molecule has 0 saturated heterocycles. The van der Waals surface area contributed by atoms with Gasteiger partial charge in [0.2, 0.25) is 5.78 Å². The van der Waals surface area contributed by atoms with E-state index in [0.29, 0.717) is 11.3 Å². The second-order valence-electron chi connectivity index (χ2n) is 4.64. The van der Waals surface area contributed by atoms with Crippen LogP contribution in [0.4, 0.5) is 0 Å². The minimum atomic E-state index is -0.158. The zero-order valence-electron chi connectivity index (χ0n) is 10.5. The molecule has 1 aromatic carbocycles. The number of rotatable bonds is 1. The summed E-state index contributed by atoms with van der Waals surface area (Å²) in [6, 6.07) is 9.35. The van der Waals surface area contributed by atoms with Crippen LogP contribution in [0.3, 0.4) is 0 Å². The molecule has 4 heteroatoms. The smallest absolute Gasteiger partial charge is 0.231 e. The lowest BCUT2D eigenvalue weighted by Crippen LogP contribution is -1.94. The third-order valence-corrected chi connectivity index (χ3v) is 3.46. The lowest BCUT2D eigenvalue weighted by atomic mass is 10.0. The van der Waals surface area contributed by atoms with E-state index < -0.39 is 0 Å². The van der Waals surface area contributed by atoms with Crippen molar-refractivity contribution in [2.75, 3.05) is 0 Å². The molecule has 0 aliphatic carbocycles. The van der Waals surface area contributed by atoms with Crippen molar-refractivity contribution in [3.05, 3.63) is 60.6 Å². The Balaban J connectivity index is 2.01. The Labute approximate surface area is 114 Å². The van der Waals surface area contributed by atoms with Gasteiger partial charge in [0.1, 0.15) is 5.75 Å². The number of nitrogens with zero attached hydrogens (tertiary/aromatic N) is 1. The van der Waals surface area contributed by atoms with E-state index in [-0.39, 0.29) is 11.5 Å². The molecular weight excluding hydrogens is 252 g/mol. The van der Waals surface area contributed by atoms with Crippen molar-refractivity contribution in [1.29, 1.82) is 0 Å². The topological polar surface area (TPSA) is 55.0 Å². The molecule has 3 aromatic rings. The van der Waals surface area contributed by atoms with E-state index in [1.807, 2.05) is 30.5 Å². The van der Waals surface area contributed by atoms with Crippen LogP contribution >= 0.6 is 0 Å². The Kier molecular flexibility index (Phi) is 2.09. The molecule has 0 radical (unpaired) electrons. The van der Waals surface area contributed by atoms with Crippen molar-refractivity contribution in [2.24, 2.45) is 0 Å². The highest BCUT2D eigenvalue weighted by molar-refractivity contribution is 6.14. The molecule has 4 nitrogen and oxygen atoms in total. The molecule has 96 valence electrons. The van der Waals surface area contributed by atoms with Crippen LogP contribution in [-0.2, 0) is 0 Å². The molecule has 0 atom stereocenters. The van der Waals surface area contributed by atoms with Gasteiger partial charge in [0.25, 0.3) is 0 Å². The van der Waals surface area contributed by atoms with Gasteiger partial charge in [-0.25, -0.2) is 0 Å². The first kappa shape index (κ1) is 11.0. The number of carbonyl (C=O) groups is 1. The highest BCUT2D eigenvalue weighted by Gasteiger charge is 2.29. The van der Waals surface area contributed by atoms with Crippen molar-refractivity contribution in [3.63, 3.8) is 0 Å². The number of benzene rings is 1. The van der Waals surface area contributed by atoms with Gasteiger partial charge in [-0.3, -0.25) is 9.78 Å². The fourth-order valence-corrected chi connectivity index (χ4v) is 2.52. The van der Waals surface area contributed by atoms with Gasteiger partial charge in [-0.05, 0) is 18.2 Å². The van der Waals surface area contributed by atoms with Crippen molar-refractivity contribution >= 4 is 16.8 Å². The van der Waals surface area contributed by atoms with Gasteiger partial charge in [0.05, 0.1) is 16.6 Å². The molecule has 20 heavy (non-hydrogen) atoms. The molecule has 1 N–H and O–H groups in total. The molecule has 3 heterocycles. The summed E-state index contributed by atoms with van der Waals surface area (Å²) in [7, 11) is 0. The second kappa shape index (κ2) is 3.81. The van der Waals surface area contributed by atoms with Crippen LogP contribution in [0, 0.1) is 0 Å². The van der Waals surface area contributed by atoms with Gasteiger partial charge in [-0.2, -0.15) is 0 Å². The number of aromatic amines is 1. The Bertz CT molecular complexity index is 877. The number of ketones is 1. The van der Waals surface area contributed by atoms with Crippen LogP contribution in [0.1, 0.15) is 10.4 Å². The fourth-order valence-electron chi connectivity index (χ4n) is 2.52. The van der Waals surface area contributed by atoms with E-state index in [9.17, 15) is 4.79 Å². The van der Waals surface area contributed by atoms with Crippen LogP contribution in [0.2, 0.25) is 0 Å². The van der Waals surface area contributed by atoms with Gasteiger partial charge < -0.3 is 9.72 Å². The number of ether oxygens (including phenoxy) is 1. The van der Waals surface area contributed by atoms with Gasteiger partial charge in [0.15, 0.2) is 5.76 Å². The van der Waals surface area contributed by atoms with Crippen molar-refractivity contribution in [3.8, 4) is 16.9 Å². The summed E-state index contributed by atoms with van der Waals surface area (Å²) < 4.78 is 5.54. The van der Waals surface area contributed by atoms with Crippen molar-refractivity contribution in [1.82, 2.24) is 9.97 Å². The third kappa shape index (κ3) is 1.36. The Morgan fingerprint density at radius 3 is 2.85 bits per heavy atom. The number of Topliss-reactive ketones (excluding diaryl/α,β-unsaturated/α-hetero) is 1. The zero-order valence-corrected chi connectivity index (χ0v) is 10.5. The lowest BCUT2D eigenvalue weighted by molar-refractivity contribution is 0.101. The molecule has 2 aromatic heterocycles. The van der Waals surface area contributed by atoms with E-state index in [0.717, 1.165) is 22.2 Å². The predicted molar refractivity (Wildman–Crippen MR) is 75.6 cm³/mol. The Morgan fingerprint density at radius 1 is 1.10 bits per heavy atom. The van der Waals surface area contributed by atoms with E-state index >= 15 is 0 Å². The Hall–Kier alpha value is -2.88. The van der Waals surface area contributed by atoms with Crippen molar-refractivity contribution in [2.45, 2.75) is 0 Å². The number of para-hydroxylation sites is 1. The highest BCUT2D eigenvalue weighted by Crippen LogP contribution is 2.41. The minimum Gasteiger partial charge on any atom is -0.452 e. The monoisotopic (exact) mass is 262 g/mol. The fraction of sp³-hybridized carbons (Fsp3) is 0. The number of allylic oxidation sites excluding steroid dienone is 1. The summed E-state index contributed by atoms with van der Waals surface area (Å²) in [4.78, 5) is 19.5. The van der Waals surface area contributed by atoms with Gasteiger partial charge in [0, 0.05) is 23.5 Å². The van der Waals surface area contributed by atoms with Crippen LogP contribution in [0.5, 0.6) is 5.75 Å². The number of pyridine rings is 1. The van der Waals surface area contributed by atoms with Gasteiger partial charge in [-0.1, -0.05) is 18.7 Å². The van der Waals surface area contributed by atoms with Crippen LogP contribution in [0.25, 0.3) is 22.2 Å². The van der Waals surface area contributed by atoms with Gasteiger partial charge >= 0.3 is 0 Å². The third-order valence-electron chi connectivity index (χ3n) is 3.46. The summed E-state index contributed by atoms with van der Waals surface area (Å²) in [6.45, 7) is 3.64. The van der Waals surface area contributed by atoms with Gasteiger partial charge in [-0.15, -0.1) is 0 Å². The molecule has 0 unspecified atom stereocenters.